The lowest BCUT2D eigenvalue weighted by molar-refractivity contribution is 0.262. The van der Waals surface area contributed by atoms with Gasteiger partial charge in [0.25, 0.3) is 0 Å². The van der Waals surface area contributed by atoms with E-state index >= 15 is 0 Å². The van der Waals surface area contributed by atoms with Crippen molar-refractivity contribution in [2.45, 2.75) is 6.92 Å². The molecule has 2 aromatic heterocycles. The molecule has 3 aromatic rings. The summed E-state index contributed by atoms with van der Waals surface area (Å²) in [5.41, 5.74) is 2.81. The number of aromatic nitrogens is 1. The van der Waals surface area contributed by atoms with Gasteiger partial charge in [-0.05, 0) is 42.1 Å². The summed E-state index contributed by atoms with van der Waals surface area (Å²) >= 11 is 1.50. The molecule has 0 radical (unpaired) electrons. The highest BCUT2D eigenvalue weighted by molar-refractivity contribution is 7.14. The van der Waals surface area contributed by atoms with Crippen LogP contribution in [0, 0.1) is 6.92 Å². The molecule has 5 heteroatoms. The molecule has 1 aromatic carbocycles. The molecule has 0 aliphatic heterocycles. The van der Waals surface area contributed by atoms with E-state index in [1.54, 1.807) is 0 Å². The molecule has 0 spiro atoms. The number of thiophene rings is 1. The minimum Gasteiger partial charge on any atom is -0.321 e. The second-order valence-electron chi connectivity index (χ2n) is 4.62. The van der Waals surface area contributed by atoms with Crippen molar-refractivity contribution in [3.05, 3.63) is 65.8 Å². The van der Waals surface area contributed by atoms with Crippen LogP contribution in [0.25, 0.3) is 5.69 Å². The van der Waals surface area contributed by atoms with E-state index in [1.165, 1.54) is 11.3 Å². The molecule has 21 heavy (non-hydrogen) atoms. The monoisotopic (exact) mass is 297 g/mol. The number of rotatable bonds is 3. The molecule has 2 amide bonds. The van der Waals surface area contributed by atoms with E-state index in [1.807, 2.05) is 71.7 Å². The molecule has 0 saturated carbocycles. The predicted molar refractivity (Wildman–Crippen MR) is 87.5 cm³/mol. The van der Waals surface area contributed by atoms with Crippen LogP contribution in [-0.4, -0.2) is 10.6 Å². The molecular weight excluding hydrogens is 282 g/mol. The van der Waals surface area contributed by atoms with Crippen LogP contribution in [0.5, 0.6) is 0 Å². The maximum Gasteiger partial charge on any atom is 0.324 e. The summed E-state index contributed by atoms with van der Waals surface area (Å²) in [5, 5.41) is 8.54. The second-order valence-corrected chi connectivity index (χ2v) is 5.54. The standard InChI is InChI=1S/C16H15N3OS/c1-12-6-2-3-7-13(12)17-16(20)18-15-14(8-11-21-15)19-9-4-5-10-19/h2-11H,1H3,(H2,17,18,20). The van der Waals surface area contributed by atoms with Crippen molar-refractivity contribution < 1.29 is 4.79 Å². The first-order valence-corrected chi connectivity index (χ1v) is 7.46. The van der Waals surface area contributed by atoms with Gasteiger partial charge in [-0.2, -0.15) is 0 Å². The molecule has 0 atom stereocenters. The second kappa shape index (κ2) is 5.85. The number of hydrogen-bond donors (Lipinski definition) is 2. The van der Waals surface area contributed by atoms with Crippen molar-refractivity contribution >= 4 is 28.1 Å². The number of hydrogen-bond acceptors (Lipinski definition) is 2. The summed E-state index contributed by atoms with van der Waals surface area (Å²) in [5.74, 6) is 0. The Morgan fingerprint density at radius 3 is 2.57 bits per heavy atom. The number of aryl methyl sites for hydroxylation is 1. The minimum atomic E-state index is -0.236. The molecule has 0 fully saturated rings. The Kier molecular flexibility index (Phi) is 3.75. The van der Waals surface area contributed by atoms with Crippen LogP contribution in [0.1, 0.15) is 5.56 Å². The van der Waals surface area contributed by atoms with Gasteiger partial charge < -0.3 is 9.88 Å². The van der Waals surface area contributed by atoms with E-state index in [2.05, 4.69) is 10.6 Å². The molecule has 0 unspecified atom stereocenters. The first-order chi connectivity index (χ1) is 10.2. The van der Waals surface area contributed by atoms with E-state index < -0.39 is 0 Å². The molecule has 3 rings (SSSR count). The van der Waals surface area contributed by atoms with Crippen molar-refractivity contribution in [1.29, 1.82) is 0 Å². The van der Waals surface area contributed by atoms with Gasteiger partial charge in [-0.1, -0.05) is 18.2 Å². The zero-order chi connectivity index (χ0) is 14.7. The van der Waals surface area contributed by atoms with Gasteiger partial charge in [0.1, 0.15) is 5.00 Å². The number of carbonyl (C=O) groups is 1. The summed E-state index contributed by atoms with van der Waals surface area (Å²) in [6.07, 6.45) is 3.90. The third-order valence-corrected chi connectivity index (χ3v) is 3.97. The molecule has 0 saturated heterocycles. The average Bonchev–Trinajstić information content (AvgIpc) is 3.11. The van der Waals surface area contributed by atoms with Crippen molar-refractivity contribution in [1.82, 2.24) is 4.57 Å². The van der Waals surface area contributed by atoms with Crippen LogP contribution in [0.4, 0.5) is 15.5 Å². The van der Waals surface area contributed by atoms with Gasteiger partial charge in [0.15, 0.2) is 0 Å². The van der Waals surface area contributed by atoms with Gasteiger partial charge in [0, 0.05) is 18.1 Å². The van der Waals surface area contributed by atoms with Crippen LogP contribution in [-0.2, 0) is 0 Å². The Morgan fingerprint density at radius 2 is 1.81 bits per heavy atom. The van der Waals surface area contributed by atoms with Crippen LogP contribution in [0.15, 0.2) is 60.2 Å². The largest absolute Gasteiger partial charge is 0.324 e. The van der Waals surface area contributed by atoms with Gasteiger partial charge in [0.2, 0.25) is 0 Å². The third kappa shape index (κ3) is 2.98. The summed E-state index contributed by atoms with van der Waals surface area (Å²) in [4.78, 5) is 12.1. The van der Waals surface area contributed by atoms with Crippen LogP contribution in [0.2, 0.25) is 0 Å². The summed E-state index contributed by atoms with van der Waals surface area (Å²) in [7, 11) is 0. The number of para-hydroxylation sites is 1. The summed E-state index contributed by atoms with van der Waals surface area (Å²) in [6, 6.07) is 13.3. The van der Waals surface area contributed by atoms with Crippen molar-refractivity contribution in [2.24, 2.45) is 0 Å². The summed E-state index contributed by atoms with van der Waals surface area (Å²) < 4.78 is 1.97. The number of anilines is 2. The Hall–Kier alpha value is -2.53. The highest BCUT2D eigenvalue weighted by atomic mass is 32.1. The quantitative estimate of drug-likeness (QED) is 0.735. The molecule has 0 bridgehead atoms. The maximum absolute atomic E-state index is 12.1. The van der Waals surface area contributed by atoms with E-state index in [4.69, 9.17) is 0 Å². The lowest BCUT2D eigenvalue weighted by atomic mass is 10.2. The van der Waals surface area contributed by atoms with Crippen molar-refractivity contribution in [3.63, 3.8) is 0 Å². The highest BCUT2D eigenvalue weighted by Gasteiger charge is 2.10. The average molecular weight is 297 g/mol. The molecular formula is C16H15N3OS. The Morgan fingerprint density at radius 1 is 1.05 bits per heavy atom. The normalized spacial score (nSPS) is 10.3. The predicted octanol–water partition coefficient (Wildman–Crippen LogP) is 4.49. The van der Waals surface area contributed by atoms with E-state index in [0.717, 1.165) is 21.9 Å². The van der Waals surface area contributed by atoms with Gasteiger partial charge in [-0.3, -0.25) is 5.32 Å². The Bertz CT molecular complexity index is 746. The lowest BCUT2D eigenvalue weighted by Crippen LogP contribution is -2.20. The lowest BCUT2D eigenvalue weighted by Gasteiger charge is -2.10. The fourth-order valence-electron chi connectivity index (χ4n) is 2.06. The summed E-state index contributed by atoms with van der Waals surface area (Å²) in [6.45, 7) is 1.96. The molecule has 2 heterocycles. The maximum atomic E-state index is 12.1. The zero-order valence-electron chi connectivity index (χ0n) is 11.5. The first kappa shape index (κ1) is 13.5. The smallest absolute Gasteiger partial charge is 0.321 e. The molecule has 106 valence electrons. The number of amides is 2. The van der Waals surface area contributed by atoms with E-state index in [-0.39, 0.29) is 6.03 Å². The van der Waals surface area contributed by atoms with Gasteiger partial charge >= 0.3 is 6.03 Å². The third-order valence-electron chi connectivity index (χ3n) is 3.15. The topological polar surface area (TPSA) is 46.1 Å². The Balaban J connectivity index is 1.74. The molecule has 2 N–H and O–H groups in total. The van der Waals surface area contributed by atoms with Crippen molar-refractivity contribution in [2.75, 3.05) is 10.6 Å². The van der Waals surface area contributed by atoms with Gasteiger partial charge in [-0.15, -0.1) is 11.3 Å². The highest BCUT2D eigenvalue weighted by Crippen LogP contribution is 2.27. The van der Waals surface area contributed by atoms with Gasteiger partial charge in [0.05, 0.1) is 5.69 Å². The van der Waals surface area contributed by atoms with Crippen LogP contribution >= 0.6 is 11.3 Å². The number of nitrogens with one attached hydrogen (secondary N) is 2. The number of benzene rings is 1. The zero-order valence-corrected chi connectivity index (χ0v) is 12.4. The van der Waals surface area contributed by atoms with Gasteiger partial charge in [-0.25, -0.2) is 4.79 Å². The molecule has 4 nitrogen and oxygen atoms in total. The fraction of sp³-hybridized carbons (Fsp3) is 0.0625. The first-order valence-electron chi connectivity index (χ1n) is 6.58. The van der Waals surface area contributed by atoms with Crippen LogP contribution in [0.3, 0.4) is 0 Å². The van der Waals surface area contributed by atoms with E-state index in [9.17, 15) is 4.79 Å². The number of nitrogens with zero attached hydrogens (tertiary/aromatic N) is 1. The number of carbonyl (C=O) groups excluding carboxylic acids is 1. The number of urea groups is 1. The van der Waals surface area contributed by atoms with E-state index in [0.29, 0.717) is 0 Å². The molecule has 0 aliphatic carbocycles. The minimum absolute atomic E-state index is 0.236. The fourth-order valence-corrected chi connectivity index (χ4v) is 2.84. The molecule has 0 aliphatic rings. The van der Waals surface area contributed by atoms with Crippen molar-refractivity contribution in [3.8, 4) is 5.69 Å². The SMILES string of the molecule is Cc1ccccc1NC(=O)Nc1sccc1-n1cccc1. The van der Waals surface area contributed by atoms with Crippen LogP contribution < -0.4 is 10.6 Å². The Labute approximate surface area is 127 Å².